The van der Waals surface area contributed by atoms with Crippen LogP contribution in [0.2, 0.25) is 5.02 Å². The van der Waals surface area contributed by atoms with Crippen molar-refractivity contribution < 1.29 is 4.79 Å². The molecule has 7 heteroatoms. The summed E-state index contributed by atoms with van der Waals surface area (Å²) >= 11 is 11.4. The van der Waals surface area contributed by atoms with Gasteiger partial charge in [-0.3, -0.25) is 4.79 Å². The number of rotatable bonds is 3. The van der Waals surface area contributed by atoms with Gasteiger partial charge in [-0.2, -0.15) is 0 Å². The molecule has 0 aromatic heterocycles. The van der Waals surface area contributed by atoms with Crippen molar-refractivity contribution >= 4 is 46.2 Å². The lowest BCUT2D eigenvalue weighted by atomic mass is 10.1. The van der Waals surface area contributed by atoms with E-state index in [0.717, 1.165) is 22.5 Å². The number of anilines is 2. The minimum absolute atomic E-state index is 0.0605. The van der Waals surface area contributed by atoms with Crippen molar-refractivity contribution in [1.29, 1.82) is 0 Å². The van der Waals surface area contributed by atoms with E-state index in [-0.39, 0.29) is 11.0 Å². The number of hydrogen-bond acceptors (Lipinski definition) is 3. The van der Waals surface area contributed by atoms with Crippen molar-refractivity contribution in [3.8, 4) is 0 Å². The predicted octanol–water partition coefficient (Wildman–Crippen LogP) is 3.27. The maximum atomic E-state index is 12.7. The Morgan fingerprint density at radius 3 is 2.38 bits per heavy atom. The van der Waals surface area contributed by atoms with E-state index in [1.807, 2.05) is 54.3 Å². The fraction of sp³-hybridized carbons (Fsp3) is 0.263. The normalized spacial score (nSPS) is 14.2. The molecule has 0 radical (unpaired) electrons. The molecular weight excluding hydrogens is 368 g/mol. The number of nitrogens with one attached hydrogen (secondary N) is 1. The highest BCUT2D eigenvalue weighted by atomic mass is 35.5. The van der Waals surface area contributed by atoms with Crippen LogP contribution >= 0.6 is 23.8 Å². The summed E-state index contributed by atoms with van der Waals surface area (Å²) in [5.41, 5.74) is 9.12. The third-order valence-electron chi connectivity index (χ3n) is 4.43. The first-order valence-electron chi connectivity index (χ1n) is 8.41. The Morgan fingerprint density at radius 2 is 1.77 bits per heavy atom. The Bertz CT molecular complexity index is 817. The third kappa shape index (κ3) is 4.08. The first kappa shape index (κ1) is 18.5. The number of nitrogens with zero attached hydrogens (tertiary/aromatic N) is 2. The first-order valence-corrected chi connectivity index (χ1v) is 9.20. The van der Waals surface area contributed by atoms with Crippen LogP contribution < -0.4 is 16.0 Å². The minimum atomic E-state index is 0.0605. The van der Waals surface area contributed by atoms with Gasteiger partial charge in [-0.1, -0.05) is 35.4 Å². The second-order valence-electron chi connectivity index (χ2n) is 6.27. The van der Waals surface area contributed by atoms with Crippen molar-refractivity contribution in [1.82, 2.24) is 4.90 Å². The topological polar surface area (TPSA) is 61.6 Å². The van der Waals surface area contributed by atoms with Crippen LogP contribution in [-0.2, 0) is 0 Å². The van der Waals surface area contributed by atoms with Crippen molar-refractivity contribution in [2.45, 2.75) is 6.92 Å². The molecular formula is C19H21ClN4OS. The molecule has 1 fully saturated rings. The Kier molecular flexibility index (Phi) is 5.64. The molecule has 2 aromatic rings. The van der Waals surface area contributed by atoms with Gasteiger partial charge in [0.2, 0.25) is 0 Å². The smallest absolute Gasteiger partial charge is 0.253 e. The Labute approximate surface area is 163 Å². The maximum absolute atomic E-state index is 12.7. The summed E-state index contributed by atoms with van der Waals surface area (Å²) in [6, 6.07) is 13.3. The second kappa shape index (κ2) is 7.93. The van der Waals surface area contributed by atoms with Gasteiger partial charge in [0.25, 0.3) is 5.91 Å². The molecule has 1 aliphatic rings. The minimum Gasteiger partial charge on any atom is -0.376 e. The Morgan fingerprint density at radius 1 is 1.12 bits per heavy atom. The molecule has 3 N–H and O–H groups in total. The van der Waals surface area contributed by atoms with E-state index in [0.29, 0.717) is 31.2 Å². The van der Waals surface area contributed by atoms with Crippen molar-refractivity contribution in [2.24, 2.45) is 5.73 Å². The quantitative estimate of drug-likeness (QED) is 0.790. The van der Waals surface area contributed by atoms with Crippen molar-refractivity contribution in [3.05, 3.63) is 58.6 Å². The first-order chi connectivity index (χ1) is 12.5. The summed E-state index contributed by atoms with van der Waals surface area (Å²) in [6.45, 7) is 4.64. The lowest BCUT2D eigenvalue weighted by Gasteiger charge is -2.37. The van der Waals surface area contributed by atoms with E-state index < -0.39 is 0 Å². The summed E-state index contributed by atoms with van der Waals surface area (Å²) in [5, 5.41) is 3.80. The van der Waals surface area contributed by atoms with Gasteiger partial charge >= 0.3 is 0 Å². The largest absolute Gasteiger partial charge is 0.376 e. The van der Waals surface area contributed by atoms with Crippen LogP contribution in [0.3, 0.4) is 0 Å². The molecule has 0 spiro atoms. The predicted molar refractivity (Wildman–Crippen MR) is 111 cm³/mol. The van der Waals surface area contributed by atoms with Gasteiger partial charge in [-0.05, 0) is 43.4 Å². The summed E-state index contributed by atoms with van der Waals surface area (Å²) in [5.74, 6) is 0.0605. The molecule has 136 valence electrons. The zero-order valence-corrected chi connectivity index (χ0v) is 16.1. The van der Waals surface area contributed by atoms with E-state index in [4.69, 9.17) is 29.6 Å². The zero-order valence-electron chi connectivity index (χ0n) is 14.5. The van der Waals surface area contributed by atoms with Crippen LogP contribution in [-0.4, -0.2) is 42.1 Å². The van der Waals surface area contributed by atoms with Crippen LogP contribution in [0.5, 0.6) is 0 Å². The molecule has 2 aromatic carbocycles. The number of thiocarbonyl (C=S) groups is 1. The number of halogens is 1. The molecule has 3 rings (SSSR count). The van der Waals surface area contributed by atoms with E-state index in [2.05, 4.69) is 10.2 Å². The van der Waals surface area contributed by atoms with Gasteiger partial charge in [-0.15, -0.1) is 0 Å². The number of piperazine rings is 1. The third-order valence-corrected chi connectivity index (χ3v) is 4.83. The van der Waals surface area contributed by atoms with Gasteiger partial charge in [0.05, 0.1) is 16.4 Å². The van der Waals surface area contributed by atoms with Gasteiger partial charge in [0, 0.05) is 31.7 Å². The maximum Gasteiger partial charge on any atom is 0.253 e. The molecule has 0 saturated carbocycles. The van der Waals surface area contributed by atoms with Crippen molar-refractivity contribution in [3.63, 3.8) is 0 Å². The van der Waals surface area contributed by atoms with Gasteiger partial charge < -0.3 is 20.9 Å². The number of hydrogen-bond donors (Lipinski definition) is 2. The summed E-state index contributed by atoms with van der Waals surface area (Å²) in [7, 11) is 0. The van der Waals surface area contributed by atoms with Gasteiger partial charge in [0.15, 0.2) is 5.11 Å². The lowest BCUT2D eigenvalue weighted by molar-refractivity contribution is 0.0747. The lowest BCUT2D eigenvalue weighted by Crippen LogP contribution is -2.49. The monoisotopic (exact) mass is 388 g/mol. The van der Waals surface area contributed by atoms with Gasteiger partial charge in [0.1, 0.15) is 0 Å². The highest BCUT2D eigenvalue weighted by molar-refractivity contribution is 7.80. The fourth-order valence-corrected chi connectivity index (χ4v) is 3.49. The van der Waals surface area contributed by atoms with Crippen LogP contribution in [0, 0.1) is 6.92 Å². The highest BCUT2D eigenvalue weighted by Crippen LogP contribution is 2.34. The standard InChI is InChI=1S/C19H21ClN4OS/c1-13-5-7-14(8-6-13)18(25)24-11-9-23(10-12-24)17-15(20)3-2-4-16(17)22-19(21)26/h2-8H,9-12H2,1H3,(H3,21,22,26). The van der Waals surface area contributed by atoms with Gasteiger partial charge in [-0.25, -0.2) is 0 Å². The molecule has 0 atom stereocenters. The average molecular weight is 389 g/mol. The number of nitrogens with two attached hydrogens (primary N) is 1. The Hall–Kier alpha value is -2.31. The molecule has 0 unspecified atom stereocenters. The summed E-state index contributed by atoms with van der Waals surface area (Å²) in [4.78, 5) is 16.7. The van der Waals surface area contributed by atoms with E-state index in [9.17, 15) is 4.79 Å². The summed E-state index contributed by atoms with van der Waals surface area (Å²) in [6.07, 6.45) is 0. The molecule has 26 heavy (non-hydrogen) atoms. The molecule has 1 amide bonds. The highest BCUT2D eigenvalue weighted by Gasteiger charge is 2.24. The van der Waals surface area contributed by atoms with E-state index in [1.54, 1.807) is 0 Å². The van der Waals surface area contributed by atoms with Crippen LogP contribution in [0.4, 0.5) is 11.4 Å². The SMILES string of the molecule is Cc1ccc(C(=O)N2CCN(c3c(Cl)cccc3NC(N)=S)CC2)cc1. The van der Waals surface area contributed by atoms with Crippen molar-refractivity contribution in [2.75, 3.05) is 36.4 Å². The number of aryl methyl sites for hydroxylation is 1. The van der Waals surface area contributed by atoms with E-state index >= 15 is 0 Å². The number of benzene rings is 2. The van der Waals surface area contributed by atoms with E-state index in [1.165, 1.54) is 0 Å². The number of carbonyl (C=O) groups is 1. The molecule has 0 aliphatic carbocycles. The second-order valence-corrected chi connectivity index (χ2v) is 7.12. The van der Waals surface area contributed by atoms with Crippen LogP contribution in [0.15, 0.2) is 42.5 Å². The zero-order chi connectivity index (χ0) is 18.7. The molecule has 0 bridgehead atoms. The summed E-state index contributed by atoms with van der Waals surface area (Å²) < 4.78 is 0. The number of carbonyl (C=O) groups excluding carboxylic acids is 1. The Balaban J connectivity index is 1.72. The molecule has 1 aliphatic heterocycles. The number of amides is 1. The molecule has 5 nitrogen and oxygen atoms in total. The average Bonchev–Trinajstić information content (AvgIpc) is 2.62. The van der Waals surface area contributed by atoms with Crippen LogP contribution in [0.1, 0.15) is 15.9 Å². The molecule has 1 heterocycles. The molecule has 1 saturated heterocycles. The number of para-hydroxylation sites is 1. The fourth-order valence-electron chi connectivity index (χ4n) is 3.08. The van der Waals surface area contributed by atoms with Crippen LogP contribution in [0.25, 0.3) is 0 Å².